The van der Waals surface area contributed by atoms with E-state index in [0.29, 0.717) is 5.69 Å². The smallest absolute Gasteiger partial charge is 0.262 e. The first-order chi connectivity index (χ1) is 8.87. The molecule has 0 amide bonds. The number of benzene rings is 1. The van der Waals surface area contributed by atoms with Crippen LogP contribution in [0.25, 0.3) is 0 Å². The zero-order valence-corrected chi connectivity index (χ0v) is 12.5. The van der Waals surface area contributed by atoms with Gasteiger partial charge >= 0.3 is 0 Å². The van der Waals surface area contributed by atoms with E-state index < -0.39 is 10.0 Å². The lowest BCUT2D eigenvalue weighted by Crippen LogP contribution is -2.13. The lowest BCUT2D eigenvalue weighted by atomic mass is 10.2. The number of anilines is 2. The van der Waals surface area contributed by atoms with Crippen molar-refractivity contribution in [1.29, 1.82) is 0 Å². The second-order valence-electron chi connectivity index (χ2n) is 4.04. The SMILES string of the molecule is Cc1cc(Br)cc(NS(=O)(=O)c2ccnc(N)c2)c1. The standard InChI is InChI=1S/C12H12BrN3O2S/c1-8-4-9(13)6-10(5-8)16-19(17,18)11-2-3-15-12(14)7-11/h2-7,16H,1H3,(H2,14,15). The fraction of sp³-hybridized carbons (Fsp3) is 0.0833. The first-order valence-electron chi connectivity index (χ1n) is 5.38. The van der Waals surface area contributed by atoms with Gasteiger partial charge in [0.2, 0.25) is 0 Å². The Bertz CT molecular complexity index is 696. The van der Waals surface area contributed by atoms with Gasteiger partial charge in [0.15, 0.2) is 0 Å². The molecule has 0 aliphatic carbocycles. The monoisotopic (exact) mass is 341 g/mol. The van der Waals surface area contributed by atoms with Crippen LogP contribution in [-0.2, 0) is 10.0 Å². The summed E-state index contributed by atoms with van der Waals surface area (Å²) in [6, 6.07) is 8.03. The molecule has 3 N–H and O–H groups in total. The Morgan fingerprint density at radius 3 is 2.63 bits per heavy atom. The van der Waals surface area contributed by atoms with Crippen LogP contribution in [0.2, 0.25) is 0 Å². The summed E-state index contributed by atoms with van der Waals surface area (Å²) in [7, 11) is -3.66. The molecule has 1 heterocycles. The largest absolute Gasteiger partial charge is 0.384 e. The van der Waals surface area contributed by atoms with Crippen LogP contribution in [0, 0.1) is 6.92 Å². The number of rotatable bonds is 3. The van der Waals surface area contributed by atoms with Crippen LogP contribution in [0.4, 0.5) is 11.5 Å². The third kappa shape index (κ3) is 3.45. The van der Waals surface area contributed by atoms with Gasteiger partial charge in [-0.05, 0) is 36.8 Å². The molecule has 0 unspecified atom stereocenters. The molecule has 1 aromatic carbocycles. The summed E-state index contributed by atoms with van der Waals surface area (Å²) in [6.45, 7) is 1.88. The van der Waals surface area contributed by atoms with Gasteiger partial charge in [-0.25, -0.2) is 13.4 Å². The van der Waals surface area contributed by atoms with Gasteiger partial charge < -0.3 is 5.73 Å². The first kappa shape index (κ1) is 13.8. The van der Waals surface area contributed by atoms with Crippen molar-refractivity contribution in [2.75, 3.05) is 10.5 Å². The Morgan fingerprint density at radius 2 is 2.00 bits per heavy atom. The van der Waals surface area contributed by atoms with E-state index in [0.717, 1.165) is 10.0 Å². The quantitative estimate of drug-likeness (QED) is 0.898. The van der Waals surface area contributed by atoms with Gasteiger partial charge in [-0.15, -0.1) is 0 Å². The van der Waals surface area contributed by atoms with Gasteiger partial charge in [0.1, 0.15) is 5.82 Å². The number of nitrogens with one attached hydrogen (secondary N) is 1. The van der Waals surface area contributed by atoms with Crippen LogP contribution in [0.1, 0.15) is 5.56 Å². The van der Waals surface area contributed by atoms with Crippen molar-refractivity contribution in [3.8, 4) is 0 Å². The van der Waals surface area contributed by atoms with Gasteiger partial charge in [0.05, 0.1) is 10.6 Å². The Kier molecular flexibility index (Phi) is 3.77. The Hall–Kier alpha value is -1.60. The second kappa shape index (κ2) is 5.18. The maximum absolute atomic E-state index is 12.2. The number of halogens is 1. The summed E-state index contributed by atoms with van der Waals surface area (Å²) in [4.78, 5) is 3.85. The van der Waals surface area contributed by atoms with Gasteiger partial charge in [-0.2, -0.15) is 0 Å². The number of hydrogen-bond donors (Lipinski definition) is 2. The van der Waals surface area contributed by atoms with Crippen molar-refractivity contribution in [1.82, 2.24) is 4.98 Å². The zero-order valence-electron chi connectivity index (χ0n) is 10.1. The van der Waals surface area contributed by atoms with Crippen molar-refractivity contribution in [3.63, 3.8) is 0 Å². The molecule has 0 saturated heterocycles. The highest BCUT2D eigenvalue weighted by Gasteiger charge is 2.15. The molecular weight excluding hydrogens is 330 g/mol. The molecule has 0 radical (unpaired) electrons. The minimum atomic E-state index is -3.66. The summed E-state index contributed by atoms with van der Waals surface area (Å²) >= 11 is 3.32. The van der Waals surface area contributed by atoms with Crippen LogP contribution < -0.4 is 10.5 Å². The third-order valence-corrected chi connectivity index (χ3v) is 4.19. The fourth-order valence-corrected chi connectivity index (χ4v) is 3.27. The highest BCUT2D eigenvalue weighted by molar-refractivity contribution is 9.10. The van der Waals surface area contributed by atoms with E-state index in [1.807, 2.05) is 13.0 Å². The molecule has 0 saturated carbocycles. The van der Waals surface area contributed by atoms with Gasteiger partial charge in [0, 0.05) is 16.7 Å². The number of nitrogens with zero attached hydrogens (tertiary/aromatic N) is 1. The van der Waals surface area contributed by atoms with E-state index in [-0.39, 0.29) is 10.7 Å². The maximum Gasteiger partial charge on any atom is 0.262 e. The van der Waals surface area contributed by atoms with Gasteiger partial charge in [-0.3, -0.25) is 4.72 Å². The predicted molar refractivity (Wildman–Crippen MR) is 78.3 cm³/mol. The van der Waals surface area contributed by atoms with Crippen molar-refractivity contribution in [2.24, 2.45) is 0 Å². The molecule has 2 rings (SSSR count). The van der Waals surface area contributed by atoms with E-state index in [1.54, 1.807) is 12.1 Å². The van der Waals surface area contributed by atoms with Crippen LogP contribution in [0.5, 0.6) is 0 Å². The van der Waals surface area contributed by atoms with Crippen LogP contribution in [0.3, 0.4) is 0 Å². The molecular formula is C12H12BrN3O2S. The maximum atomic E-state index is 12.2. The molecule has 0 fully saturated rings. The summed E-state index contributed by atoms with van der Waals surface area (Å²) in [6.07, 6.45) is 1.36. The highest BCUT2D eigenvalue weighted by atomic mass is 79.9. The predicted octanol–water partition coefficient (Wildman–Crippen LogP) is 2.54. The number of aromatic nitrogens is 1. The number of nitrogens with two attached hydrogens (primary N) is 1. The average Bonchev–Trinajstić information content (AvgIpc) is 2.26. The first-order valence-corrected chi connectivity index (χ1v) is 7.66. The van der Waals surface area contributed by atoms with E-state index >= 15 is 0 Å². The highest BCUT2D eigenvalue weighted by Crippen LogP contribution is 2.22. The van der Waals surface area contributed by atoms with Crippen LogP contribution in [0.15, 0.2) is 45.9 Å². The Morgan fingerprint density at radius 1 is 1.26 bits per heavy atom. The zero-order chi connectivity index (χ0) is 14.0. The molecule has 7 heteroatoms. The fourth-order valence-electron chi connectivity index (χ4n) is 1.60. The van der Waals surface area contributed by atoms with Crippen molar-refractivity contribution >= 4 is 37.5 Å². The van der Waals surface area contributed by atoms with Gasteiger partial charge in [-0.1, -0.05) is 15.9 Å². The Labute approximate surface area is 120 Å². The van der Waals surface area contributed by atoms with E-state index in [4.69, 9.17) is 5.73 Å². The number of nitrogen functional groups attached to an aromatic ring is 1. The van der Waals surface area contributed by atoms with Crippen molar-refractivity contribution in [3.05, 3.63) is 46.6 Å². The summed E-state index contributed by atoms with van der Waals surface area (Å²) in [5.41, 5.74) is 6.92. The molecule has 0 spiro atoms. The summed E-state index contributed by atoms with van der Waals surface area (Å²) < 4.78 is 27.6. The molecule has 1 aromatic heterocycles. The third-order valence-electron chi connectivity index (χ3n) is 2.36. The van der Waals surface area contributed by atoms with E-state index in [9.17, 15) is 8.42 Å². The molecule has 5 nitrogen and oxygen atoms in total. The lowest BCUT2D eigenvalue weighted by molar-refractivity contribution is 0.601. The topological polar surface area (TPSA) is 85.1 Å². The minimum Gasteiger partial charge on any atom is -0.384 e. The molecule has 0 aliphatic rings. The molecule has 0 atom stereocenters. The molecule has 0 aliphatic heterocycles. The molecule has 0 bridgehead atoms. The van der Waals surface area contributed by atoms with Gasteiger partial charge in [0.25, 0.3) is 10.0 Å². The summed E-state index contributed by atoms with van der Waals surface area (Å²) in [5, 5.41) is 0. The number of pyridine rings is 1. The minimum absolute atomic E-state index is 0.0811. The van der Waals surface area contributed by atoms with Crippen LogP contribution in [-0.4, -0.2) is 13.4 Å². The molecule has 19 heavy (non-hydrogen) atoms. The average molecular weight is 342 g/mol. The second-order valence-corrected chi connectivity index (χ2v) is 6.64. The van der Waals surface area contributed by atoms with E-state index in [2.05, 4.69) is 25.6 Å². The lowest BCUT2D eigenvalue weighted by Gasteiger charge is -2.09. The molecule has 2 aromatic rings. The normalized spacial score (nSPS) is 11.3. The number of hydrogen-bond acceptors (Lipinski definition) is 4. The number of aryl methyl sites for hydroxylation is 1. The molecule has 100 valence electrons. The summed E-state index contributed by atoms with van der Waals surface area (Å²) in [5.74, 6) is 0.160. The van der Waals surface area contributed by atoms with E-state index in [1.165, 1.54) is 18.3 Å². The van der Waals surface area contributed by atoms with Crippen molar-refractivity contribution in [2.45, 2.75) is 11.8 Å². The Balaban J connectivity index is 2.36. The van der Waals surface area contributed by atoms with Crippen molar-refractivity contribution < 1.29 is 8.42 Å². The van der Waals surface area contributed by atoms with Crippen LogP contribution >= 0.6 is 15.9 Å². The number of sulfonamides is 1.